The maximum absolute atomic E-state index is 13.7. The minimum absolute atomic E-state index is 0.0193. The van der Waals surface area contributed by atoms with Crippen LogP contribution in [0.3, 0.4) is 0 Å². The molecule has 1 aliphatic rings. The van der Waals surface area contributed by atoms with Crippen molar-refractivity contribution in [2.75, 3.05) is 12.9 Å². The monoisotopic (exact) mass is 482 g/mol. The van der Waals surface area contributed by atoms with Crippen molar-refractivity contribution >= 4 is 17.4 Å². The predicted molar refractivity (Wildman–Crippen MR) is 124 cm³/mol. The molecule has 0 bridgehead atoms. The average Bonchev–Trinajstić information content (AvgIpc) is 2.84. The number of hydrogen-bond donors (Lipinski definition) is 3. The molecule has 0 saturated carbocycles. The number of ether oxygens (including phenoxy) is 1. The van der Waals surface area contributed by atoms with Crippen molar-refractivity contribution in [2.24, 2.45) is 0 Å². The molecule has 0 radical (unpaired) electrons. The second kappa shape index (κ2) is 9.65. The van der Waals surface area contributed by atoms with Crippen LogP contribution in [-0.2, 0) is 20.6 Å². The summed E-state index contributed by atoms with van der Waals surface area (Å²) in [7, 11) is -6.71. The summed E-state index contributed by atoms with van der Waals surface area (Å²) in [5.74, 6) is 0.267. The average molecular weight is 483 g/mol. The van der Waals surface area contributed by atoms with Gasteiger partial charge in [-0.25, -0.2) is 8.42 Å². The highest BCUT2D eigenvalue weighted by atomic mass is 32.2. The van der Waals surface area contributed by atoms with Crippen LogP contribution in [0.5, 0.6) is 5.75 Å². The summed E-state index contributed by atoms with van der Waals surface area (Å²) >= 11 is 0. The van der Waals surface area contributed by atoms with E-state index >= 15 is 0 Å². The minimum Gasteiger partial charge on any atom is -0.496 e. The molecule has 0 amide bonds. The Morgan fingerprint density at radius 1 is 1.19 bits per heavy atom. The first-order chi connectivity index (χ1) is 15.0. The summed E-state index contributed by atoms with van der Waals surface area (Å²) in [4.78, 5) is 19.2. The van der Waals surface area contributed by atoms with Crippen LogP contribution in [0.25, 0.3) is 0 Å². The lowest BCUT2D eigenvalue weighted by molar-refractivity contribution is -0.752. The van der Waals surface area contributed by atoms with E-state index in [0.29, 0.717) is 12.0 Å². The molecule has 9 heteroatoms. The van der Waals surface area contributed by atoms with E-state index in [4.69, 9.17) is 4.74 Å². The van der Waals surface area contributed by atoms with Crippen molar-refractivity contribution in [2.45, 2.75) is 62.2 Å². The van der Waals surface area contributed by atoms with Gasteiger partial charge in [0.1, 0.15) is 23.1 Å². The molecule has 2 atom stereocenters. The van der Waals surface area contributed by atoms with E-state index in [1.165, 1.54) is 13.2 Å². The van der Waals surface area contributed by atoms with Gasteiger partial charge in [-0.3, -0.25) is 4.57 Å². The third-order valence-electron chi connectivity index (χ3n) is 6.35. The molecule has 0 aliphatic carbocycles. The Hall–Kier alpha value is -1.70. The largest absolute Gasteiger partial charge is 0.496 e. The number of rotatable bonds is 8. The molecular weight excluding hydrogens is 449 g/mol. The molecule has 0 spiro atoms. The number of fused-ring (bicyclic) bond motifs is 1. The highest BCUT2D eigenvalue weighted by molar-refractivity contribution is 7.91. The molecular formula is C23H33NO6PS+. The molecule has 0 aromatic heterocycles. The zero-order chi connectivity index (χ0) is 23.6. The lowest BCUT2D eigenvalue weighted by Crippen LogP contribution is -2.98. The number of nitrogens with two attached hydrogens (primary N) is 1. The van der Waals surface area contributed by atoms with Crippen molar-refractivity contribution in [1.82, 2.24) is 0 Å². The van der Waals surface area contributed by atoms with E-state index in [9.17, 15) is 22.8 Å². The van der Waals surface area contributed by atoms with Gasteiger partial charge in [-0.1, -0.05) is 50.6 Å². The first kappa shape index (κ1) is 24.9. The maximum Gasteiger partial charge on any atom is 0.330 e. The highest BCUT2D eigenvalue weighted by Gasteiger charge is 2.45. The smallest absolute Gasteiger partial charge is 0.330 e. The molecule has 176 valence electrons. The lowest BCUT2D eigenvalue weighted by atomic mass is 9.88. The van der Waals surface area contributed by atoms with Crippen LogP contribution in [0.2, 0.25) is 0 Å². The normalized spacial score (nSPS) is 22.7. The Morgan fingerprint density at radius 2 is 1.88 bits per heavy atom. The van der Waals surface area contributed by atoms with Crippen LogP contribution < -0.4 is 10.1 Å². The maximum atomic E-state index is 13.7. The first-order valence-corrected chi connectivity index (χ1v) is 14.4. The summed E-state index contributed by atoms with van der Waals surface area (Å²) in [6.07, 6.45) is 2.77. The van der Waals surface area contributed by atoms with Crippen LogP contribution in [0.1, 0.15) is 62.3 Å². The molecule has 1 aliphatic heterocycles. The number of unbranched alkanes of at least 4 members (excludes halogenated alkanes) is 1. The van der Waals surface area contributed by atoms with Crippen LogP contribution in [0.15, 0.2) is 47.4 Å². The zero-order valence-corrected chi connectivity index (χ0v) is 20.5. The fraction of sp³-hybridized carbons (Fsp3) is 0.478. The molecule has 3 rings (SSSR count). The lowest BCUT2D eigenvalue weighted by Gasteiger charge is -2.32. The van der Waals surface area contributed by atoms with Gasteiger partial charge in [0.15, 0.2) is 9.84 Å². The first-order valence-electron chi connectivity index (χ1n) is 10.9. The van der Waals surface area contributed by atoms with Crippen LogP contribution >= 0.6 is 7.60 Å². The van der Waals surface area contributed by atoms with E-state index in [0.717, 1.165) is 24.8 Å². The standard InChI is InChI=1S/C23H32NO6PS/c1-4-6-12-23(5-2)16-32(28,29)21-13-18(15-31(25,26)27)20(30-3)14-19(21)22(24-23)17-10-8-7-9-11-17/h7-11,13-14,22,24H,4-6,12,15-16H2,1-3H3,(H2,25,26,27)/p+1/t22-,23-/m1/s1. The molecule has 7 nitrogen and oxygen atoms in total. The minimum atomic E-state index is -4.42. The van der Waals surface area contributed by atoms with Crippen molar-refractivity contribution in [3.8, 4) is 5.75 Å². The van der Waals surface area contributed by atoms with Crippen LogP contribution in [0, 0.1) is 0 Å². The van der Waals surface area contributed by atoms with E-state index in [1.54, 1.807) is 6.07 Å². The van der Waals surface area contributed by atoms with Gasteiger partial charge in [-0.05, 0) is 18.6 Å². The number of sulfone groups is 1. The molecule has 0 fully saturated rings. The molecule has 2 aromatic rings. The number of quaternary nitrogens is 1. The Bertz CT molecular complexity index is 1100. The molecule has 4 N–H and O–H groups in total. The summed E-state index contributed by atoms with van der Waals surface area (Å²) in [5, 5.41) is 2.18. The van der Waals surface area contributed by atoms with Crippen molar-refractivity contribution in [1.29, 1.82) is 0 Å². The van der Waals surface area contributed by atoms with Gasteiger partial charge in [0.2, 0.25) is 0 Å². The van der Waals surface area contributed by atoms with E-state index < -0.39 is 29.1 Å². The third-order valence-corrected chi connectivity index (χ3v) is 9.08. The van der Waals surface area contributed by atoms with Gasteiger partial charge in [0.05, 0.1) is 18.2 Å². The molecule has 0 saturated heterocycles. The summed E-state index contributed by atoms with van der Waals surface area (Å²) in [5.41, 5.74) is 1.28. The second-order valence-electron chi connectivity index (χ2n) is 8.66. The van der Waals surface area contributed by atoms with Gasteiger partial charge in [-0.2, -0.15) is 0 Å². The topological polar surface area (TPSA) is 118 Å². The Balaban J connectivity index is 2.28. The fourth-order valence-electron chi connectivity index (χ4n) is 4.63. The van der Waals surface area contributed by atoms with Gasteiger partial charge in [0, 0.05) is 29.5 Å². The summed E-state index contributed by atoms with van der Waals surface area (Å²) in [6.45, 7) is 4.12. The second-order valence-corrected chi connectivity index (χ2v) is 12.3. The Morgan fingerprint density at radius 3 is 2.44 bits per heavy atom. The fourth-order valence-corrected chi connectivity index (χ4v) is 7.55. The number of methoxy groups -OCH3 is 1. The molecule has 0 unspecified atom stereocenters. The quantitative estimate of drug-likeness (QED) is 0.498. The van der Waals surface area contributed by atoms with Crippen LogP contribution in [0.4, 0.5) is 0 Å². The van der Waals surface area contributed by atoms with Crippen molar-refractivity contribution < 1.29 is 32.8 Å². The molecule has 1 heterocycles. The van der Waals surface area contributed by atoms with E-state index in [-0.39, 0.29) is 28.0 Å². The number of benzene rings is 2. The van der Waals surface area contributed by atoms with E-state index in [2.05, 4.69) is 12.2 Å². The SMILES string of the molecule is CCCC[C@]1(CC)CS(=O)(=O)c2cc(CP(=O)(O)O)c(OC)cc2[C@@H](c2ccccc2)[NH2+]1. The van der Waals surface area contributed by atoms with Gasteiger partial charge >= 0.3 is 7.60 Å². The highest BCUT2D eigenvalue weighted by Crippen LogP contribution is 2.44. The van der Waals surface area contributed by atoms with Crippen LogP contribution in [-0.4, -0.2) is 36.6 Å². The van der Waals surface area contributed by atoms with Crippen molar-refractivity contribution in [3.63, 3.8) is 0 Å². The molecule has 2 aromatic carbocycles. The van der Waals surface area contributed by atoms with Gasteiger partial charge < -0.3 is 19.8 Å². The Labute approximate surface area is 190 Å². The zero-order valence-electron chi connectivity index (χ0n) is 18.8. The summed E-state index contributed by atoms with van der Waals surface area (Å²) < 4.78 is 44.5. The van der Waals surface area contributed by atoms with Gasteiger partial charge in [-0.15, -0.1) is 0 Å². The van der Waals surface area contributed by atoms with Crippen molar-refractivity contribution in [3.05, 3.63) is 59.2 Å². The van der Waals surface area contributed by atoms with Gasteiger partial charge in [0.25, 0.3) is 0 Å². The Kier molecular flexibility index (Phi) is 7.52. The number of hydrogen-bond acceptors (Lipinski definition) is 4. The summed E-state index contributed by atoms with van der Waals surface area (Å²) in [6, 6.07) is 12.5. The third kappa shape index (κ3) is 5.43. The molecule has 32 heavy (non-hydrogen) atoms. The van der Waals surface area contributed by atoms with E-state index in [1.807, 2.05) is 37.3 Å². The predicted octanol–water partition coefficient (Wildman–Crippen LogP) is 3.15.